The van der Waals surface area contributed by atoms with Gasteiger partial charge in [0.25, 0.3) is 0 Å². The predicted octanol–water partition coefficient (Wildman–Crippen LogP) is 7.66. The van der Waals surface area contributed by atoms with Crippen LogP contribution in [0, 0.1) is 11.7 Å². The minimum atomic E-state index is -0.845. The minimum absolute atomic E-state index is 0.00692. The fourth-order valence-electron chi connectivity index (χ4n) is 7.45. The number of likely N-dealkylation sites (N-methyl/N-ethyl adjacent to an activating group) is 1. The standard InChI is InChI=1S/C47H54FN5O8/c1-30(52(5)46(58)61-47(2,3)4)43(55)51-40(33-21-23-59-24-22-33)28-53-27-35-13-9-10-14-37(35)42(53)44(56)50-39-26-34(17-20-38(39)48)41(54)25-31-15-18-36(19-16-31)49-45(57)60-29-32-11-7-6-8-12-32/h6-20,26,30,33,40,42H,21-25,27-29H2,1-5H3,(H,49,57)(H,50,56)(H,51,55)/t30-,40+,42-/m0/s1. The maximum atomic E-state index is 15.4. The van der Waals surface area contributed by atoms with E-state index >= 15 is 4.39 Å². The molecule has 0 aliphatic carbocycles. The molecule has 0 spiro atoms. The van der Waals surface area contributed by atoms with Gasteiger partial charge in [0.15, 0.2) is 5.78 Å². The number of ketones is 1. The van der Waals surface area contributed by atoms with E-state index in [1.54, 1.807) is 52.0 Å². The smallest absolute Gasteiger partial charge is 0.411 e. The number of amides is 4. The van der Waals surface area contributed by atoms with E-state index in [9.17, 15) is 24.0 Å². The Balaban J connectivity index is 1.12. The molecule has 2 aliphatic rings. The molecule has 0 unspecified atom stereocenters. The summed E-state index contributed by atoms with van der Waals surface area (Å²) in [6, 6.07) is 25.4. The molecular weight excluding hydrogens is 782 g/mol. The fourth-order valence-corrected chi connectivity index (χ4v) is 7.45. The molecule has 322 valence electrons. The van der Waals surface area contributed by atoms with Crippen LogP contribution in [0.5, 0.6) is 0 Å². The summed E-state index contributed by atoms with van der Waals surface area (Å²) in [4.78, 5) is 69.8. The summed E-state index contributed by atoms with van der Waals surface area (Å²) in [5, 5.41) is 8.61. The highest BCUT2D eigenvalue weighted by Crippen LogP contribution is 2.36. The van der Waals surface area contributed by atoms with Crippen LogP contribution in [0.15, 0.2) is 97.1 Å². The summed E-state index contributed by atoms with van der Waals surface area (Å²) in [6.45, 7) is 8.78. The Labute approximate surface area is 355 Å². The molecule has 3 N–H and O–H groups in total. The molecule has 13 nitrogen and oxygen atoms in total. The number of rotatable bonds is 14. The molecule has 4 amide bonds. The van der Waals surface area contributed by atoms with Crippen LogP contribution in [0.25, 0.3) is 0 Å². The number of nitrogens with one attached hydrogen (secondary N) is 3. The summed E-state index contributed by atoms with van der Waals surface area (Å²) >= 11 is 0. The van der Waals surface area contributed by atoms with Gasteiger partial charge in [0.05, 0.1) is 5.69 Å². The van der Waals surface area contributed by atoms with Gasteiger partial charge in [-0.25, -0.2) is 14.0 Å². The zero-order valence-corrected chi connectivity index (χ0v) is 35.2. The number of hydrogen-bond acceptors (Lipinski definition) is 9. The molecule has 2 aliphatic heterocycles. The molecule has 4 aromatic rings. The van der Waals surface area contributed by atoms with E-state index in [0.717, 1.165) is 22.8 Å². The third-order valence-electron chi connectivity index (χ3n) is 10.9. The van der Waals surface area contributed by atoms with E-state index in [1.165, 1.54) is 24.1 Å². The van der Waals surface area contributed by atoms with Crippen LogP contribution in [-0.4, -0.2) is 84.1 Å². The number of anilines is 2. The first-order valence-corrected chi connectivity index (χ1v) is 20.5. The number of nitrogens with zero attached hydrogens (tertiary/aromatic N) is 2. The zero-order chi connectivity index (χ0) is 43.7. The van der Waals surface area contributed by atoms with E-state index in [2.05, 4.69) is 16.0 Å². The summed E-state index contributed by atoms with van der Waals surface area (Å²) in [7, 11) is 1.52. The van der Waals surface area contributed by atoms with Crippen molar-refractivity contribution in [3.8, 4) is 0 Å². The van der Waals surface area contributed by atoms with Crippen LogP contribution in [0.3, 0.4) is 0 Å². The second kappa shape index (κ2) is 20.0. The average Bonchev–Trinajstić information content (AvgIpc) is 3.61. The van der Waals surface area contributed by atoms with E-state index in [-0.39, 0.29) is 48.4 Å². The van der Waals surface area contributed by atoms with E-state index in [0.29, 0.717) is 43.9 Å². The Bertz CT molecular complexity index is 2190. The fraction of sp³-hybridized carbons (Fsp3) is 0.383. The van der Waals surface area contributed by atoms with Gasteiger partial charge in [0, 0.05) is 57.1 Å². The van der Waals surface area contributed by atoms with Crippen LogP contribution < -0.4 is 16.0 Å². The van der Waals surface area contributed by atoms with Gasteiger partial charge in [0.1, 0.15) is 30.1 Å². The lowest BCUT2D eigenvalue weighted by Crippen LogP contribution is -2.55. The largest absolute Gasteiger partial charge is 0.444 e. The monoisotopic (exact) mass is 835 g/mol. The van der Waals surface area contributed by atoms with Crippen LogP contribution in [0.2, 0.25) is 0 Å². The number of halogens is 1. The molecule has 14 heteroatoms. The van der Waals surface area contributed by atoms with Crippen molar-refractivity contribution >= 4 is 41.2 Å². The molecule has 0 saturated carbocycles. The van der Waals surface area contributed by atoms with Crippen LogP contribution in [0.4, 0.5) is 25.4 Å². The van der Waals surface area contributed by atoms with Gasteiger partial charge in [0.2, 0.25) is 11.8 Å². The Kier molecular flexibility index (Phi) is 14.5. The molecule has 1 saturated heterocycles. The molecule has 2 heterocycles. The Morgan fingerprint density at radius 1 is 0.885 bits per heavy atom. The molecule has 3 atom stereocenters. The summed E-state index contributed by atoms with van der Waals surface area (Å²) < 4.78 is 31.8. The maximum Gasteiger partial charge on any atom is 0.411 e. The highest BCUT2D eigenvalue weighted by atomic mass is 19.1. The van der Waals surface area contributed by atoms with Crippen molar-refractivity contribution in [2.24, 2.45) is 5.92 Å². The number of Topliss-reactive ketones (excluding diaryl/α,β-unsaturated/α-hetero) is 1. The quantitative estimate of drug-likeness (QED) is 0.109. The van der Waals surface area contributed by atoms with E-state index < -0.39 is 47.6 Å². The number of ether oxygens (including phenoxy) is 3. The van der Waals surface area contributed by atoms with Gasteiger partial charge >= 0.3 is 12.2 Å². The lowest BCUT2D eigenvalue weighted by Gasteiger charge is -2.36. The lowest BCUT2D eigenvalue weighted by molar-refractivity contribution is -0.127. The van der Waals surface area contributed by atoms with E-state index in [4.69, 9.17) is 14.2 Å². The topological polar surface area (TPSA) is 156 Å². The number of hydrogen-bond donors (Lipinski definition) is 3. The number of carbonyl (C=O) groups excluding carboxylic acids is 5. The molecule has 4 aromatic carbocycles. The normalized spacial score (nSPS) is 16.4. The Hall–Kier alpha value is -6.12. The highest BCUT2D eigenvalue weighted by molar-refractivity contribution is 6.01. The van der Waals surface area contributed by atoms with Crippen molar-refractivity contribution in [2.75, 3.05) is 37.4 Å². The molecule has 0 aromatic heterocycles. The zero-order valence-electron chi connectivity index (χ0n) is 35.2. The second-order valence-electron chi connectivity index (χ2n) is 16.5. The predicted molar refractivity (Wildman–Crippen MR) is 228 cm³/mol. The summed E-state index contributed by atoms with van der Waals surface area (Å²) in [5.74, 6) is -1.83. The molecule has 6 rings (SSSR count). The van der Waals surface area contributed by atoms with Gasteiger partial charge in [-0.1, -0.05) is 66.7 Å². The van der Waals surface area contributed by atoms with Gasteiger partial charge in [-0.2, -0.15) is 0 Å². The third-order valence-corrected chi connectivity index (χ3v) is 10.9. The van der Waals surface area contributed by atoms with Crippen molar-refractivity contribution in [1.29, 1.82) is 0 Å². The van der Waals surface area contributed by atoms with Crippen LogP contribution in [-0.2, 0) is 43.4 Å². The first-order valence-electron chi connectivity index (χ1n) is 20.5. The lowest BCUT2D eigenvalue weighted by atomic mass is 9.90. The molecule has 0 radical (unpaired) electrons. The SMILES string of the molecule is C[C@@H](C(=O)N[C@H](CN1Cc2ccccc2[C@H]1C(=O)Nc1cc(C(=O)Cc2ccc(NC(=O)OCc3ccccc3)cc2)ccc1F)C1CCOCC1)N(C)C(=O)OC(C)(C)C. The first-order chi connectivity index (χ1) is 29.1. The molecule has 1 fully saturated rings. The van der Waals surface area contributed by atoms with Gasteiger partial charge in [-0.05, 0) is 99.0 Å². The van der Waals surface area contributed by atoms with Crippen LogP contribution in [0.1, 0.15) is 79.2 Å². The van der Waals surface area contributed by atoms with Gasteiger partial charge in [-0.3, -0.25) is 29.5 Å². The minimum Gasteiger partial charge on any atom is -0.444 e. The van der Waals surface area contributed by atoms with Crippen molar-refractivity contribution in [1.82, 2.24) is 15.1 Å². The number of carbonyl (C=O) groups is 5. The highest BCUT2D eigenvalue weighted by Gasteiger charge is 2.39. The van der Waals surface area contributed by atoms with Crippen molar-refractivity contribution in [3.63, 3.8) is 0 Å². The Morgan fingerprint density at radius 3 is 2.28 bits per heavy atom. The van der Waals surface area contributed by atoms with Crippen LogP contribution >= 0.6 is 0 Å². The summed E-state index contributed by atoms with van der Waals surface area (Å²) in [6.07, 6.45) is 0.140. The number of benzene rings is 4. The maximum absolute atomic E-state index is 15.4. The number of fused-ring (bicyclic) bond motifs is 1. The first kappa shape index (κ1) is 44.4. The average molecular weight is 836 g/mol. The molecular formula is C47H54FN5O8. The van der Waals surface area contributed by atoms with Crippen molar-refractivity contribution < 1.29 is 42.6 Å². The third kappa shape index (κ3) is 12.0. The Morgan fingerprint density at radius 2 is 1.57 bits per heavy atom. The summed E-state index contributed by atoms with van der Waals surface area (Å²) in [5.41, 5.74) is 3.03. The second-order valence-corrected chi connectivity index (χ2v) is 16.5. The van der Waals surface area contributed by atoms with E-state index in [1.807, 2.05) is 59.5 Å². The van der Waals surface area contributed by atoms with Gasteiger partial charge in [-0.15, -0.1) is 0 Å². The van der Waals surface area contributed by atoms with Gasteiger partial charge < -0.3 is 24.8 Å². The van der Waals surface area contributed by atoms with Crippen molar-refractivity contribution in [3.05, 3.63) is 131 Å². The molecule has 0 bridgehead atoms. The van der Waals surface area contributed by atoms with Crippen molar-refractivity contribution in [2.45, 2.75) is 83.8 Å². The molecule has 61 heavy (non-hydrogen) atoms.